The average molecular weight is 322 g/mol. The van der Waals surface area contributed by atoms with Gasteiger partial charge in [0, 0.05) is 11.9 Å². The molecule has 1 amide bonds. The summed E-state index contributed by atoms with van der Waals surface area (Å²) in [4.78, 5) is 13.0. The third-order valence-corrected chi connectivity index (χ3v) is 4.29. The molecule has 0 radical (unpaired) electrons. The van der Waals surface area contributed by atoms with Crippen molar-refractivity contribution in [1.29, 1.82) is 0 Å². The van der Waals surface area contributed by atoms with Crippen molar-refractivity contribution in [1.82, 2.24) is 20.1 Å². The van der Waals surface area contributed by atoms with E-state index in [2.05, 4.69) is 22.4 Å². The molecule has 0 saturated heterocycles. The minimum absolute atomic E-state index is 0.185. The fraction of sp³-hybridized carbons (Fsp3) is 0.500. The van der Waals surface area contributed by atoms with E-state index in [9.17, 15) is 4.79 Å². The van der Waals surface area contributed by atoms with Gasteiger partial charge in [0.1, 0.15) is 24.4 Å². The van der Waals surface area contributed by atoms with Crippen LogP contribution in [0.1, 0.15) is 41.8 Å². The van der Waals surface area contributed by atoms with Crippen LogP contribution < -0.4 is 14.8 Å². The number of nitrogens with zero attached hydrogens (tertiary/aromatic N) is 3. The van der Waals surface area contributed by atoms with Crippen molar-refractivity contribution in [2.45, 2.75) is 32.9 Å². The Morgan fingerprint density at radius 3 is 3.14 bits per heavy atom. The Morgan fingerprint density at radius 2 is 2.32 bits per heavy atom. The average Bonchev–Trinajstić information content (AvgIpc) is 3.13. The second-order valence-electron chi connectivity index (χ2n) is 5.03. The van der Waals surface area contributed by atoms with Crippen LogP contribution in [0.25, 0.3) is 0 Å². The first kappa shape index (κ1) is 14.8. The molecule has 2 aromatic rings. The summed E-state index contributed by atoms with van der Waals surface area (Å²) in [5.74, 6) is 1.74. The Morgan fingerprint density at radius 1 is 1.50 bits per heavy atom. The first-order valence-corrected chi connectivity index (χ1v) is 8.14. The van der Waals surface area contributed by atoms with E-state index in [1.54, 1.807) is 11.7 Å². The molecule has 0 saturated carbocycles. The van der Waals surface area contributed by atoms with E-state index < -0.39 is 0 Å². The SMILES string of the molecule is CCCn1cnnc1[C@H](C)NC(=O)c1scc2c1OCCO2. The van der Waals surface area contributed by atoms with E-state index in [-0.39, 0.29) is 11.9 Å². The van der Waals surface area contributed by atoms with Crippen LogP contribution >= 0.6 is 11.3 Å². The maximum absolute atomic E-state index is 12.5. The molecule has 0 aliphatic carbocycles. The lowest BCUT2D eigenvalue weighted by Gasteiger charge is -2.17. The van der Waals surface area contributed by atoms with Crippen LogP contribution in [0.3, 0.4) is 0 Å². The van der Waals surface area contributed by atoms with Gasteiger partial charge in [-0.05, 0) is 13.3 Å². The smallest absolute Gasteiger partial charge is 0.265 e. The summed E-state index contributed by atoms with van der Waals surface area (Å²) < 4.78 is 13.0. The van der Waals surface area contributed by atoms with Gasteiger partial charge in [-0.1, -0.05) is 6.92 Å². The molecule has 1 aliphatic heterocycles. The van der Waals surface area contributed by atoms with Crippen LogP contribution in [-0.2, 0) is 6.54 Å². The van der Waals surface area contributed by atoms with Crippen LogP contribution in [0.4, 0.5) is 0 Å². The second-order valence-corrected chi connectivity index (χ2v) is 5.91. The number of aryl methyl sites for hydroxylation is 1. The van der Waals surface area contributed by atoms with Gasteiger partial charge in [0.2, 0.25) is 0 Å². The van der Waals surface area contributed by atoms with E-state index in [1.165, 1.54) is 11.3 Å². The predicted molar refractivity (Wildman–Crippen MR) is 81.5 cm³/mol. The summed E-state index contributed by atoms with van der Waals surface area (Å²) in [6.45, 7) is 5.79. The van der Waals surface area contributed by atoms with Gasteiger partial charge in [0.15, 0.2) is 17.3 Å². The molecule has 1 atom stereocenters. The quantitative estimate of drug-likeness (QED) is 0.911. The Labute approximate surface area is 132 Å². The monoisotopic (exact) mass is 322 g/mol. The highest BCUT2D eigenvalue weighted by molar-refractivity contribution is 7.12. The molecule has 1 aliphatic rings. The van der Waals surface area contributed by atoms with Gasteiger partial charge in [-0.25, -0.2) is 0 Å². The second kappa shape index (κ2) is 6.35. The van der Waals surface area contributed by atoms with E-state index in [1.807, 2.05) is 11.5 Å². The minimum Gasteiger partial charge on any atom is -0.485 e. The fourth-order valence-electron chi connectivity index (χ4n) is 2.36. The number of rotatable bonds is 5. The lowest BCUT2D eigenvalue weighted by molar-refractivity contribution is 0.0932. The number of thiophene rings is 1. The van der Waals surface area contributed by atoms with Gasteiger partial charge in [0.25, 0.3) is 5.91 Å². The topological polar surface area (TPSA) is 78.3 Å². The van der Waals surface area contributed by atoms with Crippen molar-refractivity contribution < 1.29 is 14.3 Å². The van der Waals surface area contributed by atoms with Crippen LogP contribution in [0, 0.1) is 0 Å². The van der Waals surface area contributed by atoms with Crippen LogP contribution in [0.5, 0.6) is 11.5 Å². The van der Waals surface area contributed by atoms with Crippen molar-refractivity contribution in [3.8, 4) is 11.5 Å². The molecule has 3 rings (SSSR count). The van der Waals surface area contributed by atoms with E-state index in [4.69, 9.17) is 9.47 Å². The summed E-state index contributed by atoms with van der Waals surface area (Å²) in [5.41, 5.74) is 0. The standard InChI is InChI=1S/C14H18N4O3S/c1-3-4-18-8-15-17-13(18)9(2)16-14(19)12-11-10(7-22-12)20-5-6-21-11/h7-9H,3-6H2,1-2H3,(H,16,19)/t9-/m0/s1. The molecule has 0 bridgehead atoms. The summed E-state index contributed by atoms with van der Waals surface area (Å²) in [5, 5.41) is 12.8. The largest absolute Gasteiger partial charge is 0.485 e. The Kier molecular flexibility index (Phi) is 4.28. The molecule has 1 N–H and O–H groups in total. The highest BCUT2D eigenvalue weighted by Gasteiger charge is 2.25. The summed E-state index contributed by atoms with van der Waals surface area (Å²) in [7, 11) is 0. The lowest BCUT2D eigenvalue weighted by atomic mass is 10.3. The van der Waals surface area contributed by atoms with E-state index >= 15 is 0 Å². The van der Waals surface area contributed by atoms with E-state index in [0.29, 0.717) is 29.6 Å². The molecule has 3 heterocycles. The summed E-state index contributed by atoms with van der Waals surface area (Å²) in [6, 6.07) is -0.233. The summed E-state index contributed by atoms with van der Waals surface area (Å²) >= 11 is 1.32. The first-order chi connectivity index (χ1) is 10.7. The van der Waals surface area contributed by atoms with Crippen molar-refractivity contribution in [2.75, 3.05) is 13.2 Å². The maximum Gasteiger partial charge on any atom is 0.265 e. The van der Waals surface area contributed by atoms with Gasteiger partial charge < -0.3 is 19.4 Å². The van der Waals surface area contributed by atoms with Crippen molar-refractivity contribution in [2.24, 2.45) is 0 Å². The molecule has 8 heteroatoms. The first-order valence-electron chi connectivity index (χ1n) is 7.26. The van der Waals surface area contributed by atoms with Gasteiger partial charge in [-0.15, -0.1) is 21.5 Å². The zero-order valence-corrected chi connectivity index (χ0v) is 13.4. The zero-order valence-electron chi connectivity index (χ0n) is 12.5. The number of carbonyl (C=O) groups is 1. The number of amides is 1. The fourth-order valence-corrected chi connectivity index (χ4v) is 3.19. The van der Waals surface area contributed by atoms with E-state index in [0.717, 1.165) is 18.8 Å². The number of hydrogen-bond donors (Lipinski definition) is 1. The molecule has 2 aromatic heterocycles. The Balaban J connectivity index is 1.73. The number of carbonyl (C=O) groups excluding carboxylic acids is 1. The van der Waals surface area contributed by atoms with Gasteiger partial charge in [0.05, 0.1) is 6.04 Å². The molecule has 7 nitrogen and oxygen atoms in total. The maximum atomic E-state index is 12.5. The van der Waals surface area contributed by atoms with Crippen LogP contribution in [0.2, 0.25) is 0 Å². The number of nitrogens with one attached hydrogen (secondary N) is 1. The highest BCUT2D eigenvalue weighted by Crippen LogP contribution is 2.39. The zero-order chi connectivity index (χ0) is 15.5. The van der Waals surface area contributed by atoms with Crippen molar-refractivity contribution >= 4 is 17.2 Å². The molecular weight excluding hydrogens is 304 g/mol. The van der Waals surface area contributed by atoms with Crippen LogP contribution in [0.15, 0.2) is 11.7 Å². The number of ether oxygens (including phenoxy) is 2. The number of aromatic nitrogens is 3. The van der Waals surface area contributed by atoms with Crippen molar-refractivity contribution in [3.63, 3.8) is 0 Å². The molecule has 22 heavy (non-hydrogen) atoms. The molecular formula is C14H18N4O3S. The molecule has 118 valence electrons. The van der Waals surface area contributed by atoms with Crippen LogP contribution in [-0.4, -0.2) is 33.9 Å². The Bertz CT molecular complexity index is 667. The molecule has 0 aromatic carbocycles. The third-order valence-electron chi connectivity index (χ3n) is 3.35. The van der Waals surface area contributed by atoms with Gasteiger partial charge in [-0.3, -0.25) is 4.79 Å². The predicted octanol–water partition coefficient (Wildman–Crippen LogP) is 2.01. The molecule has 0 unspecified atom stereocenters. The number of fused-ring (bicyclic) bond motifs is 1. The van der Waals surface area contributed by atoms with Crippen molar-refractivity contribution in [3.05, 3.63) is 22.4 Å². The Hall–Kier alpha value is -2.09. The molecule has 0 fully saturated rings. The van der Waals surface area contributed by atoms with Gasteiger partial charge in [-0.2, -0.15) is 0 Å². The number of hydrogen-bond acceptors (Lipinski definition) is 6. The minimum atomic E-state index is -0.233. The molecule has 0 spiro atoms. The normalized spacial score (nSPS) is 14.6. The third kappa shape index (κ3) is 2.78. The van der Waals surface area contributed by atoms with Gasteiger partial charge >= 0.3 is 0 Å². The highest BCUT2D eigenvalue weighted by atomic mass is 32.1. The summed E-state index contributed by atoms with van der Waals surface area (Å²) in [6.07, 6.45) is 2.67. The lowest BCUT2D eigenvalue weighted by Crippen LogP contribution is -2.29.